The van der Waals surface area contributed by atoms with Crippen LogP contribution in [0.5, 0.6) is 0 Å². The van der Waals surface area contributed by atoms with Gasteiger partial charge in [-0.1, -0.05) is 66.7 Å². The molecule has 4 rings (SSSR count). The fraction of sp³-hybridized carbons (Fsp3) is 0.0435. The second kappa shape index (κ2) is 6.92. The molecular formula is C23H18N2O2. The maximum Gasteiger partial charge on any atom is 0.272 e. The summed E-state index contributed by atoms with van der Waals surface area (Å²) >= 11 is 0. The molecule has 1 heterocycles. The normalized spacial score (nSPS) is 10.7. The molecule has 1 aromatic heterocycles. The maximum absolute atomic E-state index is 12.8. The Hall–Kier alpha value is -3.66. The number of carbonyl (C=O) groups is 1. The van der Waals surface area contributed by atoms with Gasteiger partial charge < -0.3 is 10.3 Å². The number of benzene rings is 3. The van der Waals surface area contributed by atoms with Gasteiger partial charge in [-0.25, -0.2) is 0 Å². The van der Waals surface area contributed by atoms with E-state index in [4.69, 9.17) is 0 Å². The number of amides is 1. The fourth-order valence-corrected chi connectivity index (χ4v) is 3.28. The molecule has 0 atom stereocenters. The van der Waals surface area contributed by atoms with Crippen molar-refractivity contribution < 1.29 is 4.79 Å². The molecule has 0 spiro atoms. The molecule has 0 aliphatic rings. The minimum atomic E-state index is -0.325. The quantitative estimate of drug-likeness (QED) is 0.557. The van der Waals surface area contributed by atoms with E-state index in [1.165, 1.54) is 0 Å². The Morgan fingerprint density at radius 1 is 0.852 bits per heavy atom. The van der Waals surface area contributed by atoms with Crippen molar-refractivity contribution in [3.8, 4) is 11.1 Å². The molecular weight excluding hydrogens is 336 g/mol. The maximum atomic E-state index is 12.8. The van der Waals surface area contributed by atoms with Crippen molar-refractivity contribution in [1.29, 1.82) is 0 Å². The standard InChI is InChI=1S/C23H18N2O2/c1-15-9-5-6-12-17(15)22(26)25-21-20(16-10-3-2-4-11-16)18-13-7-8-14-19(18)24-23(21)27/h2-14H,1H3,(H,24,27)(H,25,26). The minimum Gasteiger partial charge on any atom is -0.320 e. The Balaban J connectivity index is 1.93. The third-order valence-electron chi connectivity index (χ3n) is 4.61. The molecule has 0 unspecified atom stereocenters. The highest BCUT2D eigenvalue weighted by atomic mass is 16.2. The van der Waals surface area contributed by atoms with Crippen LogP contribution in [-0.2, 0) is 0 Å². The second-order valence-corrected chi connectivity index (χ2v) is 6.38. The van der Waals surface area contributed by atoms with Crippen molar-refractivity contribution in [3.63, 3.8) is 0 Å². The molecule has 3 aromatic carbocycles. The predicted molar refractivity (Wildman–Crippen MR) is 109 cm³/mol. The molecule has 4 heteroatoms. The zero-order valence-electron chi connectivity index (χ0n) is 14.8. The molecule has 0 saturated carbocycles. The number of hydrogen-bond acceptors (Lipinski definition) is 2. The number of para-hydroxylation sites is 1. The lowest BCUT2D eigenvalue weighted by Gasteiger charge is -2.14. The van der Waals surface area contributed by atoms with Gasteiger partial charge >= 0.3 is 0 Å². The first kappa shape index (κ1) is 16.8. The van der Waals surface area contributed by atoms with Crippen LogP contribution in [0.1, 0.15) is 15.9 Å². The number of hydrogen-bond donors (Lipinski definition) is 2. The van der Waals surface area contributed by atoms with Crippen LogP contribution in [0.2, 0.25) is 0 Å². The first-order valence-corrected chi connectivity index (χ1v) is 8.72. The molecule has 0 fully saturated rings. The molecule has 0 aliphatic carbocycles. The first-order chi connectivity index (χ1) is 13.1. The number of H-pyrrole nitrogens is 1. The minimum absolute atomic E-state index is 0.258. The van der Waals surface area contributed by atoms with E-state index in [0.717, 1.165) is 27.6 Å². The first-order valence-electron chi connectivity index (χ1n) is 8.72. The van der Waals surface area contributed by atoms with Crippen LogP contribution in [-0.4, -0.2) is 10.9 Å². The number of aromatic amines is 1. The van der Waals surface area contributed by atoms with Crippen LogP contribution in [0, 0.1) is 6.92 Å². The van der Waals surface area contributed by atoms with Crippen LogP contribution in [0.3, 0.4) is 0 Å². The predicted octanol–water partition coefficient (Wildman–Crippen LogP) is 4.76. The third kappa shape index (κ3) is 3.13. The number of pyridine rings is 1. The highest BCUT2D eigenvalue weighted by Gasteiger charge is 2.18. The van der Waals surface area contributed by atoms with Gasteiger partial charge in [0.05, 0.1) is 0 Å². The molecule has 0 bridgehead atoms. The molecule has 27 heavy (non-hydrogen) atoms. The van der Waals surface area contributed by atoms with Crippen molar-refractivity contribution >= 4 is 22.5 Å². The van der Waals surface area contributed by atoms with E-state index in [0.29, 0.717) is 5.56 Å². The molecule has 1 amide bonds. The van der Waals surface area contributed by atoms with E-state index in [2.05, 4.69) is 10.3 Å². The van der Waals surface area contributed by atoms with Gasteiger partial charge in [-0.15, -0.1) is 0 Å². The number of aromatic nitrogens is 1. The van der Waals surface area contributed by atoms with Gasteiger partial charge in [0.2, 0.25) is 0 Å². The van der Waals surface area contributed by atoms with Gasteiger partial charge in [0.1, 0.15) is 5.69 Å². The molecule has 4 aromatic rings. The van der Waals surface area contributed by atoms with Gasteiger partial charge in [0.25, 0.3) is 11.5 Å². The second-order valence-electron chi connectivity index (χ2n) is 6.38. The van der Waals surface area contributed by atoms with Crippen LogP contribution in [0.15, 0.2) is 83.7 Å². The largest absolute Gasteiger partial charge is 0.320 e. The Kier molecular flexibility index (Phi) is 4.30. The van der Waals surface area contributed by atoms with Gasteiger partial charge in [0, 0.05) is 22.0 Å². The van der Waals surface area contributed by atoms with E-state index >= 15 is 0 Å². The van der Waals surface area contributed by atoms with Crippen molar-refractivity contribution in [1.82, 2.24) is 4.98 Å². The van der Waals surface area contributed by atoms with Gasteiger partial charge in [-0.3, -0.25) is 9.59 Å². The van der Waals surface area contributed by atoms with Crippen LogP contribution in [0.25, 0.3) is 22.0 Å². The van der Waals surface area contributed by atoms with E-state index in [1.54, 1.807) is 6.07 Å². The average Bonchev–Trinajstić information content (AvgIpc) is 2.69. The average molecular weight is 354 g/mol. The fourth-order valence-electron chi connectivity index (χ4n) is 3.28. The van der Waals surface area contributed by atoms with Crippen LogP contribution < -0.4 is 10.9 Å². The number of nitrogens with one attached hydrogen (secondary N) is 2. The van der Waals surface area contributed by atoms with Crippen molar-refractivity contribution in [2.75, 3.05) is 5.32 Å². The van der Waals surface area contributed by atoms with E-state index in [9.17, 15) is 9.59 Å². The molecule has 0 saturated heterocycles. The van der Waals surface area contributed by atoms with Crippen molar-refractivity contribution in [2.24, 2.45) is 0 Å². The number of rotatable bonds is 3. The molecule has 132 valence electrons. The number of anilines is 1. The Morgan fingerprint density at radius 3 is 2.30 bits per heavy atom. The third-order valence-corrected chi connectivity index (χ3v) is 4.61. The SMILES string of the molecule is Cc1ccccc1C(=O)Nc1c(-c2ccccc2)c2ccccc2[nH]c1=O. The van der Waals surface area contributed by atoms with Gasteiger partial charge in [-0.2, -0.15) is 0 Å². The van der Waals surface area contributed by atoms with Crippen LogP contribution >= 0.6 is 0 Å². The van der Waals surface area contributed by atoms with Gasteiger partial charge in [-0.05, 0) is 30.2 Å². The summed E-state index contributed by atoms with van der Waals surface area (Å²) in [4.78, 5) is 28.5. The van der Waals surface area contributed by atoms with E-state index in [1.807, 2.05) is 79.7 Å². The highest BCUT2D eigenvalue weighted by molar-refractivity contribution is 6.10. The van der Waals surface area contributed by atoms with E-state index in [-0.39, 0.29) is 17.2 Å². The zero-order valence-corrected chi connectivity index (χ0v) is 14.8. The summed E-state index contributed by atoms with van der Waals surface area (Å²) in [5.74, 6) is -0.300. The summed E-state index contributed by atoms with van der Waals surface area (Å²) in [7, 11) is 0. The lowest BCUT2D eigenvalue weighted by atomic mass is 9.99. The summed E-state index contributed by atoms with van der Waals surface area (Å²) in [5.41, 5.74) is 3.66. The summed E-state index contributed by atoms with van der Waals surface area (Å²) in [5, 5.41) is 3.72. The monoisotopic (exact) mass is 354 g/mol. The topological polar surface area (TPSA) is 62.0 Å². The lowest BCUT2D eigenvalue weighted by molar-refractivity contribution is 0.102. The smallest absolute Gasteiger partial charge is 0.272 e. The number of fused-ring (bicyclic) bond motifs is 1. The Bertz CT molecular complexity index is 1190. The Labute approximate surface area is 156 Å². The summed E-state index contributed by atoms with van der Waals surface area (Å²) < 4.78 is 0. The van der Waals surface area contributed by atoms with Crippen molar-refractivity contribution in [3.05, 3.63) is 100 Å². The Morgan fingerprint density at radius 2 is 1.52 bits per heavy atom. The van der Waals surface area contributed by atoms with E-state index < -0.39 is 0 Å². The molecule has 4 nitrogen and oxygen atoms in total. The molecule has 0 radical (unpaired) electrons. The van der Waals surface area contributed by atoms with Crippen LogP contribution in [0.4, 0.5) is 5.69 Å². The van der Waals surface area contributed by atoms with Crippen molar-refractivity contribution in [2.45, 2.75) is 6.92 Å². The van der Waals surface area contributed by atoms with Gasteiger partial charge in [0.15, 0.2) is 0 Å². The summed E-state index contributed by atoms with van der Waals surface area (Å²) in [6.45, 7) is 1.87. The lowest BCUT2D eigenvalue weighted by Crippen LogP contribution is -2.21. The summed E-state index contributed by atoms with van der Waals surface area (Å²) in [6.07, 6.45) is 0. The number of carbonyl (C=O) groups excluding carboxylic acids is 1. The number of aryl methyl sites for hydroxylation is 1. The zero-order chi connectivity index (χ0) is 18.8. The highest BCUT2D eigenvalue weighted by Crippen LogP contribution is 2.32. The molecule has 2 N–H and O–H groups in total. The summed E-state index contributed by atoms with van der Waals surface area (Å²) in [6, 6.07) is 24.5. The molecule has 0 aliphatic heterocycles.